The van der Waals surface area contributed by atoms with Crippen molar-refractivity contribution in [3.05, 3.63) is 81.6 Å². The van der Waals surface area contributed by atoms with E-state index in [0.717, 1.165) is 35.9 Å². The number of pyridine rings is 1. The van der Waals surface area contributed by atoms with Crippen molar-refractivity contribution in [3.8, 4) is 16.9 Å². The highest BCUT2D eigenvalue weighted by Crippen LogP contribution is 2.52. The minimum absolute atomic E-state index is 0.0968. The molecule has 6 nitrogen and oxygen atoms in total. The molecular weight excluding hydrogens is 495 g/mol. The molecule has 9 heteroatoms. The summed E-state index contributed by atoms with van der Waals surface area (Å²) in [6.45, 7) is 2.30. The zero-order valence-corrected chi connectivity index (χ0v) is 21.6. The van der Waals surface area contributed by atoms with E-state index in [0.29, 0.717) is 49.6 Å². The predicted octanol–water partition coefficient (Wildman–Crippen LogP) is 4.94. The van der Waals surface area contributed by atoms with Gasteiger partial charge in [-0.3, -0.25) is 9.36 Å². The number of hydrogen-bond donors (Lipinski definition) is 1. The molecule has 1 fully saturated rings. The Morgan fingerprint density at radius 1 is 1.03 bits per heavy atom. The number of ether oxygens (including phenoxy) is 2. The highest BCUT2D eigenvalue weighted by Gasteiger charge is 2.47. The van der Waals surface area contributed by atoms with Gasteiger partial charge in [-0.1, -0.05) is 18.2 Å². The molecule has 2 heterocycles. The molecule has 202 valence electrons. The van der Waals surface area contributed by atoms with Gasteiger partial charge in [0.2, 0.25) is 0 Å². The first kappa shape index (κ1) is 26.3. The second-order valence-corrected chi connectivity index (χ2v) is 10.3. The molecule has 1 atom stereocenters. The van der Waals surface area contributed by atoms with E-state index in [1.807, 2.05) is 36.4 Å². The molecular formula is C29H32F3N3O3. The first-order valence-corrected chi connectivity index (χ1v) is 12.8. The Kier molecular flexibility index (Phi) is 7.00. The van der Waals surface area contributed by atoms with Crippen LogP contribution in [0.3, 0.4) is 0 Å². The Morgan fingerprint density at radius 2 is 1.74 bits per heavy atom. The molecule has 3 aromatic rings. The maximum atomic E-state index is 13.3. The van der Waals surface area contributed by atoms with Crippen LogP contribution in [0.1, 0.15) is 35.6 Å². The summed E-state index contributed by atoms with van der Waals surface area (Å²) in [5.74, 6) is 1.53. The number of fused-ring (bicyclic) bond motifs is 1. The zero-order valence-electron chi connectivity index (χ0n) is 21.6. The lowest BCUT2D eigenvalue weighted by Crippen LogP contribution is -2.45. The molecule has 0 radical (unpaired) electrons. The first-order valence-electron chi connectivity index (χ1n) is 12.8. The van der Waals surface area contributed by atoms with E-state index < -0.39 is 17.8 Å². The molecule has 5 rings (SSSR count). The monoisotopic (exact) mass is 527 g/mol. The van der Waals surface area contributed by atoms with Crippen LogP contribution >= 0.6 is 0 Å². The molecule has 0 bridgehead atoms. The summed E-state index contributed by atoms with van der Waals surface area (Å²) in [5.41, 5.74) is 8.49. The fraction of sp³-hybridized carbons (Fsp3) is 0.414. The van der Waals surface area contributed by atoms with Crippen molar-refractivity contribution in [1.29, 1.82) is 0 Å². The fourth-order valence-electron chi connectivity index (χ4n) is 5.85. The van der Waals surface area contributed by atoms with Gasteiger partial charge in [0.1, 0.15) is 18.2 Å². The van der Waals surface area contributed by atoms with Crippen LogP contribution in [-0.4, -0.2) is 38.0 Å². The van der Waals surface area contributed by atoms with Crippen LogP contribution < -0.4 is 20.9 Å². The van der Waals surface area contributed by atoms with Gasteiger partial charge in [0.25, 0.3) is 5.56 Å². The van der Waals surface area contributed by atoms with Gasteiger partial charge in [-0.15, -0.1) is 0 Å². The fourth-order valence-corrected chi connectivity index (χ4v) is 5.85. The van der Waals surface area contributed by atoms with Gasteiger partial charge in [0, 0.05) is 38.9 Å². The molecule has 1 aliphatic carbocycles. The summed E-state index contributed by atoms with van der Waals surface area (Å²) in [4.78, 5) is 15.4. The van der Waals surface area contributed by atoms with E-state index in [4.69, 9.17) is 15.2 Å². The third-order valence-corrected chi connectivity index (χ3v) is 8.09. The van der Waals surface area contributed by atoms with Crippen LogP contribution in [0.25, 0.3) is 11.1 Å². The van der Waals surface area contributed by atoms with Crippen molar-refractivity contribution in [3.63, 3.8) is 0 Å². The first-order chi connectivity index (χ1) is 18.1. The molecule has 0 saturated carbocycles. The predicted molar refractivity (Wildman–Crippen MR) is 140 cm³/mol. The average Bonchev–Trinajstić information content (AvgIpc) is 3.17. The van der Waals surface area contributed by atoms with Crippen molar-refractivity contribution < 1.29 is 22.6 Å². The number of nitrogens with two attached hydrogens (primary N) is 1. The number of aromatic nitrogens is 1. The number of anilines is 1. The van der Waals surface area contributed by atoms with Crippen molar-refractivity contribution >= 4 is 5.82 Å². The second kappa shape index (κ2) is 10.1. The van der Waals surface area contributed by atoms with E-state index in [1.165, 1.54) is 6.07 Å². The number of piperidine rings is 1. The lowest BCUT2D eigenvalue weighted by Gasteiger charge is -2.43. The topological polar surface area (TPSA) is 69.7 Å². The molecule has 1 saturated heterocycles. The Hall–Kier alpha value is -3.30. The van der Waals surface area contributed by atoms with Crippen molar-refractivity contribution in [2.75, 3.05) is 38.3 Å². The van der Waals surface area contributed by atoms with Crippen LogP contribution in [0.4, 0.5) is 19.0 Å². The molecule has 0 unspecified atom stereocenters. The lowest BCUT2D eigenvalue weighted by atomic mass is 9.73. The van der Waals surface area contributed by atoms with Crippen molar-refractivity contribution in [2.45, 2.75) is 31.5 Å². The summed E-state index contributed by atoms with van der Waals surface area (Å²) in [6, 6.07) is 14.7. The summed E-state index contributed by atoms with van der Waals surface area (Å²) < 4.78 is 52.0. The van der Waals surface area contributed by atoms with Crippen LogP contribution in [0.15, 0.2) is 59.4 Å². The molecule has 1 spiro atoms. The summed E-state index contributed by atoms with van der Waals surface area (Å²) >= 11 is 0. The Labute approximate surface area is 219 Å². The van der Waals surface area contributed by atoms with Gasteiger partial charge >= 0.3 is 6.18 Å². The SMILES string of the molecule is COCCOc1ccc(-c2ccc(N3CCC4(CC3)Cc3ccc(C(F)(F)F)cc3[C@H]4N)n(C)c2=O)cc1. The third kappa shape index (κ3) is 4.80. The van der Waals surface area contributed by atoms with Crippen LogP contribution in [0.5, 0.6) is 5.75 Å². The standard InChI is InChI=1S/C29H32F3N3O3/c1-34-25(10-9-23(27(34)36)19-4-7-22(8-5-19)38-16-15-37-2)35-13-11-28(12-14-35)18-20-3-6-21(29(30,31)32)17-24(20)26(28)33/h3-10,17,26H,11-16,18,33H2,1-2H3/t26-/m1/s1. The highest BCUT2D eigenvalue weighted by molar-refractivity contribution is 5.65. The van der Waals surface area contributed by atoms with Gasteiger partial charge in [0.05, 0.1) is 12.2 Å². The third-order valence-electron chi connectivity index (χ3n) is 8.09. The summed E-state index contributed by atoms with van der Waals surface area (Å²) in [6.07, 6.45) is -2.22. The maximum absolute atomic E-state index is 13.3. The highest BCUT2D eigenvalue weighted by atomic mass is 19.4. The number of rotatable bonds is 6. The minimum Gasteiger partial charge on any atom is -0.491 e. The van der Waals surface area contributed by atoms with Crippen LogP contribution in [-0.2, 0) is 24.4 Å². The molecule has 2 aromatic carbocycles. The average molecular weight is 528 g/mol. The zero-order chi connectivity index (χ0) is 27.1. The van der Waals surface area contributed by atoms with Crippen LogP contribution in [0, 0.1) is 5.41 Å². The van der Waals surface area contributed by atoms with E-state index >= 15 is 0 Å². The molecule has 1 aromatic heterocycles. The molecule has 0 amide bonds. The van der Waals surface area contributed by atoms with Gasteiger partial charge in [-0.25, -0.2) is 0 Å². The smallest absolute Gasteiger partial charge is 0.416 e. The van der Waals surface area contributed by atoms with E-state index in [-0.39, 0.29) is 11.0 Å². The number of halogens is 3. The van der Waals surface area contributed by atoms with Crippen molar-refractivity contribution in [2.24, 2.45) is 18.2 Å². The minimum atomic E-state index is -4.38. The number of hydrogen-bond acceptors (Lipinski definition) is 5. The maximum Gasteiger partial charge on any atom is 0.416 e. The quantitative estimate of drug-likeness (QED) is 0.460. The molecule has 1 aliphatic heterocycles. The van der Waals surface area contributed by atoms with Gasteiger partial charge in [0.15, 0.2) is 0 Å². The Balaban J connectivity index is 1.29. The van der Waals surface area contributed by atoms with Crippen molar-refractivity contribution in [1.82, 2.24) is 4.57 Å². The van der Waals surface area contributed by atoms with E-state index in [1.54, 1.807) is 24.8 Å². The molecule has 2 N–H and O–H groups in total. The molecule has 2 aliphatic rings. The Bertz CT molecular complexity index is 1360. The van der Waals surface area contributed by atoms with E-state index in [9.17, 15) is 18.0 Å². The number of alkyl halides is 3. The van der Waals surface area contributed by atoms with Gasteiger partial charge < -0.3 is 20.1 Å². The van der Waals surface area contributed by atoms with Gasteiger partial charge in [-0.05, 0) is 77.8 Å². The number of methoxy groups -OCH3 is 1. The summed E-state index contributed by atoms with van der Waals surface area (Å²) in [5, 5.41) is 0. The molecule has 38 heavy (non-hydrogen) atoms. The number of benzene rings is 2. The van der Waals surface area contributed by atoms with Crippen LogP contribution in [0.2, 0.25) is 0 Å². The van der Waals surface area contributed by atoms with Gasteiger partial charge in [-0.2, -0.15) is 13.2 Å². The largest absolute Gasteiger partial charge is 0.491 e. The number of nitrogens with zero attached hydrogens (tertiary/aromatic N) is 2. The van der Waals surface area contributed by atoms with E-state index in [2.05, 4.69) is 4.90 Å². The summed E-state index contributed by atoms with van der Waals surface area (Å²) in [7, 11) is 3.39. The Morgan fingerprint density at radius 3 is 2.39 bits per heavy atom. The lowest BCUT2D eigenvalue weighted by molar-refractivity contribution is -0.137. The second-order valence-electron chi connectivity index (χ2n) is 10.3. The normalized spacial score (nSPS) is 18.6.